The molecule has 1 heterocycles. The first-order valence-electron chi connectivity index (χ1n) is 6.99. The highest BCUT2D eigenvalue weighted by Gasteiger charge is 2.04. The van der Waals surface area contributed by atoms with E-state index in [1.807, 2.05) is 13.0 Å². The molecular weight excluding hydrogens is 238 g/mol. The maximum atomic E-state index is 5.68. The number of benzene rings is 1. The van der Waals surface area contributed by atoms with Crippen molar-refractivity contribution < 1.29 is 4.42 Å². The molecule has 1 unspecified atom stereocenters. The average molecular weight is 261 g/mol. The second-order valence-electron chi connectivity index (χ2n) is 5.00. The Bertz CT molecular complexity index is 517. The summed E-state index contributed by atoms with van der Waals surface area (Å²) in [5, 5.41) is 3.47. The van der Waals surface area contributed by atoms with Crippen LogP contribution in [0.2, 0.25) is 0 Å². The molecule has 3 N–H and O–H groups in total. The van der Waals surface area contributed by atoms with Crippen LogP contribution in [-0.2, 0) is 6.42 Å². The second kappa shape index (κ2) is 6.68. The molecule has 0 fully saturated rings. The van der Waals surface area contributed by atoms with Gasteiger partial charge in [-0.2, -0.15) is 0 Å². The molecule has 0 spiro atoms. The number of aryl methyl sites for hydroxylation is 1. The number of hydrogen-bond donors (Lipinski definition) is 2. The zero-order valence-corrected chi connectivity index (χ0v) is 11.8. The lowest BCUT2D eigenvalue weighted by Crippen LogP contribution is -2.29. The Morgan fingerprint density at radius 2 is 2.26 bits per heavy atom. The Morgan fingerprint density at radius 3 is 3.00 bits per heavy atom. The zero-order chi connectivity index (χ0) is 13.7. The van der Waals surface area contributed by atoms with E-state index in [1.54, 1.807) is 0 Å². The van der Waals surface area contributed by atoms with Crippen LogP contribution in [-0.4, -0.2) is 24.6 Å². The fourth-order valence-corrected chi connectivity index (χ4v) is 2.18. The molecule has 104 valence electrons. The summed E-state index contributed by atoms with van der Waals surface area (Å²) in [6.45, 7) is 6.78. The normalized spacial score (nSPS) is 13.0. The van der Waals surface area contributed by atoms with Gasteiger partial charge in [-0.25, -0.2) is 4.98 Å². The van der Waals surface area contributed by atoms with Gasteiger partial charge in [0, 0.05) is 6.92 Å². The van der Waals surface area contributed by atoms with Crippen LogP contribution in [0.15, 0.2) is 22.6 Å². The van der Waals surface area contributed by atoms with E-state index in [9.17, 15) is 0 Å². The van der Waals surface area contributed by atoms with Gasteiger partial charge in [0.25, 0.3) is 0 Å². The SMILES string of the molecule is CCC(CN)CNCCc1ccc2oc(C)nc2c1. The summed E-state index contributed by atoms with van der Waals surface area (Å²) >= 11 is 0. The molecule has 1 aromatic heterocycles. The van der Waals surface area contributed by atoms with Crippen LogP contribution in [0.4, 0.5) is 0 Å². The van der Waals surface area contributed by atoms with E-state index >= 15 is 0 Å². The van der Waals surface area contributed by atoms with Crippen molar-refractivity contribution in [1.29, 1.82) is 0 Å². The van der Waals surface area contributed by atoms with Gasteiger partial charge in [-0.3, -0.25) is 0 Å². The lowest BCUT2D eigenvalue weighted by atomic mass is 10.1. The highest BCUT2D eigenvalue weighted by Crippen LogP contribution is 2.16. The first kappa shape index (κ1) is 14.0. The van der Waals surface area contributed by atoms with Crippen LogP contribution in [0.5, 0.6) is 0 Å². The molecule has 2 aromatic rings. The minimum atomic E-state index is 0.584. The van der Waals surface area contributed by atoms with Gasteiger partial charge in [-0.15, -0.1) is 0 Å². The number of nitrogens with zero attached hydrogens (tertiary/aromatic N) is 1. The predicted molar refractivity (Wildman–Crippen MR) is 78.2 cm³/mol. The molecule has 0 saturated heterocycles. The van der Waals surface area contributed by atoms with E-state index in [1.165, 1.54) is 5.56 Å². The van der Waals surface area contributed by atoms with E-state index in [0.717, 1.165) is 49.5 Å². The summed E-state index contributed by atoms with van der Waals surface area (Å²) in [7, 11) is 0. The van der Waals surface area contributed by atoms with Gasteiger partial charge in [0.2, 0.25) is 0 Å². The third-order valence-corrected chi connectivity index (χ3v) is 3.49. The Labute approximate surface area is 114 Å². The summed E-state index contributed by atoms with van der Waals surface area (Å²) in [5.41, 5.74) is 8.78. The van der Waals surface area contributed by atoms with Crippen molar-refractivity contribution in [3.8, 4) is 0 Å². The molecule has 0 amide bonds. The lowest BCUT2D eigenvalue weighted by molar-refractivity contribution is 0.474. The number of oxazole rings is 1. The molecule has 0 bridgehead atoms. The van der Waals surface area contributed by atoms with Crippen LogP contribution in [0.25, 0.3) is 11.1 Å². The van der Waals surface area contributed by atoms with Crippen LogP contribution in [0.1, 0.15) is 24.8 Å². The Morgan fingerprint density at radius 1 is 1.42 bits per heavy atom. The first-order valence-corrected chi connectivity index (χ1v) is 6.99. The van der Waals surface area contributed by atoms with Crippen molar-refractivity contribution in [3.05, 3.63) is 29.7 Å². The Balaban J connectivity index is 1.84. The smallest absolute Gasteiger partial charge is 0.192 e. The number of nitrogens with two attached hydrogens (primary N) is 1. The third-order valence-electron chi connectivity index (χ3n) is 3.49. The molecule has 1 aromatic carbocycles. The van der Waals surface area contributed by atoms with Crippen molar-refractivity contribution in [2.45, 2.75) is 26.7 Å². The molecule has 2 rings (SSSR count). The zero-order valence-electron chi connectivity index (χ0n) is 11.8. The highest BCUT2D eigenvalue weighted by atomic mass is 16.3. The molecule has 4 heteroatoms. The number of hydrogen-bond acceptors (Lipinski definition) is 4. The minimum absolute atomic E-state index is 0.584. The maximum absolute atomic E-state index is 5.68. The van der Waals surface area contributed by atoms with Crippen LogP contribution in [0, 0.1) is 12.8 Å². The molecule has 0 saturated carbocycles. The van der Waals surface area contributed by atoms with Gasteiger partial charge < -0.3 is 15.5 Å². The summed E-state index contributed by atoms with van der Waals surface area (Å²) in [6.07, 6.45) is 2.14. The molecule has 0 aliphatic rings. The number of fused-ring (bicyclic) bond motifs is 1. The largest absolute Gasteiger partial charge is 0.441 e. The van der Waals surface area contributed by atoms with Crippen molar-refractivity contribution in [1.82, 2.24) is 10.3 Å². The lowest BCUT2D eigenvalue weighted by Gasteiger charge is -2.12. The van der Waals surface area contributed by atoms with Crippen LogP contribution >= 0.6 is 0 Å². The number of rotatable bonds is 7. The monoisotopic (exact) mass is 261 g/mol. The number of nitrogens with one attached hydrogen (secondary N) is 1. The van der Waals surface area contributed by atoms with Crippen molar-refractivity contribution in [2.24, 2.45) is 11.7 Å². The summed E-state index contributed by atoms with van der Waals surface area (Å²) in [4.78, 5) is 4.35. The Kier molecular flexibility index (Phi) is 4.93. The molecule has 19 heavy (non-hydrogen) atoms. The maximum Gasteiger partial charge on any atom is 0.192 e. The van der Waals surface area contributed by atoms with E-state index < -0.39 is 0 Å². The van der Waals surface area contributed by atoms with Crippen LogP contribution in [0.3, 0.4) is 0 Å². The summed E-state index contributed by atoms with van der Waals surface area (Å²) < 4.78 is 5.47. The number of aromatic nitrogens is 1. The van der Waals surface area contributed by atoms with Gasteiger partial charge in [0.1, 0.15) is 5.52 Å². The molecule has 0 radical (unpaired) electrons. The summed E-state index contributed by atoms with van der Waals surface area (Å²) in [5.74, 6) is 1.31. The second-order valence-corrected chi connectivity index (χ2v) is 5.00. The van der Waals surface area contributed by atoms with Crippen molar-refractivity contribution >= 4 is 11.1 Å². The minimum Gasteiger partial charge on any atom is -0.441 e. The molecule has 0 aliphatic heterocycles. The fraction of sp³-hybridized carbons (Fsp3) is 0.533. The van der Waals surface area contributed by atoms with E-state index in [0.29, 0.717) is 5.92 Å². The van der Waals surface area contributed by atoms with Gasteiger partial charge in [0.05, 0.1) is 0 Å². The molecular formula is C15H23N3O. The molecule has 4 nitrogen and oxygen atoms in total. The molecule has 1 atom stereocenters. The molecule has 0 aliphatic carbocycles. The van der Waals surface area contributed by atoms with Crippen LogP contribution < -0.4 is 11.1 Å². The highest BCUT2D eigenvalue weighted by molar-refractivity contribution is 5.73. The standard InChI is InChI=1S/C15H23N3O/c1-3-12(9-16)10-17-7-6-13-4-5-15-14(8-13)18-11(2)19-15/h4-5,8,12,17H,3,6-7,9-10,16H2,1-2H3. The summed E-state index contributed by atoms with van der Waals surface area (Å²) in [6, 6.07) is 6.21. The first-order chi connectivity index (χ1) is 9.22. The predicted octanol–water partition coefficient (Wildman–Crippen LogP) is 2.25. The topological polar surface area (TPSA) is 64.1 Å². The van der Waals surface area contributed by atoms with E-state index in [4.69, 9.17) is 10.2 Å². The average Bonchev–Trinajstić information content (AvgIpc) is 2.78. The van der Waals surface area contributed by atoms with E-state index in [-0.39, 0.29) is 0 Å². The van der Waals surface area contributed by atoms with E-state index in [2.05, 4.69) is 29.4 Å². The Hall–Kier alpha value is -1.39. The van der Waals surface area contributed by atoms with Gasteiger partial charge in [-0.1, -0.05) is 19.4 Å². The third kappa shape index (κ3) is 3.78. The fourth-order valence-electron chi connectivity index (χ4n) is 2.18. The van der Waals surface area contributed by atoms with Crippen molar-refractivity contribution in [3.63, 3.8) is 0 Å². The van der Waals surface area contributed by atoms with Crippen molar-refractivity contribution in [2.75, 3.05) is 19.6 Å². The van der Waals surface area contributed by atoms with Gasteiger partial charge >= 0.3 is 0 Å². The van der Waals surface area contributed by atoms with Gasteiger partial charge in [-0.05, 0) is 49.7 Å². The quantitative estimate of drug-likeness (QED) is 0.750. The van der Waals surface area contributed by atoms with Gasteiger partial charge in [0.15, 0.2) is 11.5 Å².